The first-order valence-electron chi connectivity index (χ1n) is 11.2. The quantitative estimate of drug-likeness (QED) is 0.465. The highest BCUT2D eigenvalue weighted by atomic mass is 16.7. The molecule has 0 radical (unpaired) electrons. The average molecular weight is 471 g/mol. The Balaban J connectivity index is 1.47. The minimum absolute atomic E-state index is 0.0753. The maximum atomic E-state index is 12.8. The van der Waals surface area contributed by atoms with Crippen molar-refractivity contribution in [2.45, 2.75) is 19.8 Å². The van der Waals surface area contributed by atoms with E-state index < -0.39 is 6.16 Å². The van der Waals surface area contributed by atoms with Gasteiger partial charge in [-0.15, -0.1) is 0 Å². The van der Waals surface area contributed by atoms with Crippen molar-refractivity contribution in [1.29, 1.82) is 0 Å². The van der Waals surface area contributed by atoms with Gasteiger partial charge in [0.05, 0.1) is 20.8 Å². The number of nitrogens with zero attached hydrogens (tertiary/aromatic N) is 1. The van der Waals surface area contributed by atoms with E-state index in [2.05, 4.69) is 5.32 Å². The summed E-state index contributed by atoms with van der Waals surface area (Å²) in [6, 6.07) is 11.5. The zero-order chi connectivity index (χ0) is 24.5. The zero-order valence-corrected chi connectivity index (χ0v) is 19.7. The molecule has 0 saturated carbocycles. The van der Waals surface area contributed by atoms with E-state index in [1.54, 1.807) is 54.3 Å². The zero-order valence-electron chi connectivity index (χ0n) is 19.7. The van der Waals surface area contributed by atoms with Crippen molar-refractivity contribution in [1.82, 2.24) is 10.2 Å². The number of carbonyl (C=O) groups is 3. The van der Waals surface area contributed by atoms with Crippen LogP contribution in [0.5, 0.6) is 17.2 Å². The van der Waals surface area contributed by atoms with Gasteiger partial charge >= 0.3 is 6.16 Å². The molecule has 1 N–H and O–H groups in total. The third-order valence-electron chi connectivity index (χ3n) is 5.63. The molecule has 2 aromatic rings. The van der Waals surface area contributed by atoms with Gasteiger partial charge in [0.1, 0.15) is 17.2 Å². The number of methoxy groups -OCH3 is 2. The molecule has 0 atom stereocenters. The average Bonchev–Trinajstić information content (AvgIpc) is 2.87. The Hall–Kier alpha value is -3.75. The lowest BCUT2D eigenvalue weighted by atomic mass is 9.96. The van der Waals surface area contributed by atoms with Crippen molar-refractivity contribution in [3.8, 4) is 17.2 Å². The van der Waals surface area contributed by atoms with Gasteiger partial charge in [0.15, 0.2) is 0 Å². The van der Waals surface area contributed by atoms with Crippen LogP contribution >= 0.6 is 0 Å². The number of likely N-dealkylation sites (tertiary alicyclic amines) is 1. The van der Waals surface area contributed by atoms with E-state index in [0.29, 0.717) is 48.0 Å². The molecule has 1 fully saturated rings. The lowest BCUT2D eigenvalue weighted by Crippen LogP contribution is -2.41. The predicted molar refractivity (Wildman–Crippen MR) is 125 cm³/mol. The van der Waals surface area contributed by atoms with Gasteiger partial charge in [-0.2, -0.15) is 0 Å². The minimum atomic E-state index is -0.777. The van der Waals surface area contributed by atoms with E-state index >= 15 is 0 Å². The Morgan fingerprint density at radius 1 is 0.912 bits per heavy atom. The lowest BCUT2D eigenvalue weighted by molar-refractivity contribution is 0.0684. The summed E-state index contributed by atoms with van der Waals surface area (Å²) in [5.74, 6) is 1.43. The normalized spacial score (nSPS) is 13.7. The molecule has 9 heteroatoms. The van der Waals surface area contributed by atoms with Crippen molar-refractivity contribution in [2.75, 3.05) is 40.5 Å². The highest BCUT2D eigenvalue weighted by molar-refractivity contribution is 5.95. The smallest absolute Gasteiger partial charge is 0.497 e. The number of hydrogen-bond donors (Lipinski definition) is 1. The van der Waals surface area contributed by atoms with Crippen molar-refractivity contribution < 1.29 is 33.3 Å². The van der Waals surface area contributed by atoms with E-state index in [-0.39, 0.29) is 24.3 Å². The molecule has 0 spiro atoms. The summed E-state index contributed by atoms with van der Waals surface area (Å²) < 4.78 is 20.2. The number of ether oxygens (including phenoxy) is 4. The predicted octanol–water partition coefficient (Wildman–Crippen LogP) is 3.52. The molecule has 0 bridgehead atoms. The molecule has 3 rings (SSSR count). The van der Waals surface area contributed by atoms with Crippen LogP contribution in [0.15, 0.2) is 42.5 Å². The largest absolute Gasteiger partial charge is 0.513 e. The molecule has 0 aromatic heterocycles. The Morgan fingerprint density at radius 2 is 1.53 bits per heavy atom. The number of rotatable bonds is 8. The highest BCUT2D eigenvalue weighted by Gasteiger charge is 2.24. The number of piperidine rings is 1. The molecule has 182 valence electrons. The second kappa shape index (κ2) is 11.9. The first kappa shape index (κ1) is 24.9. The van der Waals surface area contributed by atoms with Gasteiger partial charge in [-0.3, -0.25) is 9.59 Å². The molecular weight excluding hydrogens is 440 g/mol. The molecule has 1 saturated heterocycles. The summed E-state index contributed by atoms with van der Waals surface area (Å²) in [6.07, 6.45) is 0.802. The van der Waals surface area contributed by atoms with Crippen LogP contribution in [0.3, 0.4) is 0 Å². The number of hydrogen-bond acceptors (Lipinski definition) is 7. The summed E-state index contributed by atoms with van der Waals surface area (Å²) in [5.41, 5.74) is 0.995. The first-order valence-corrected chi connectivity index (χ1v) is 11.2. The van der Waals surface area contributed by atoms with Crippen LogP contribution in [0.25, 0.3) is 0 Å². The molecule has 1 aliphatic heterocycles. The third-order valence-corrected chi connectivity index (χ3v) is 5.63. The molecule has 1 heterocycles. The Labute approximate surface area is 198 Å². The molecule has 1 aliphatic rings. The highest BCUT2D eigenvalue weighted by Crippen LogP contribution is 2.23. The fourth-order valence-corrected chi connectivity index (χ4v) is 3.71. The van der Waals surface area contributed by atoms with Crippen LogP contribution in [0.4, 0.5) is 4.79 Å². The molecular formula is C25H30N2O7. The van der Waals surface area contributed by atoms with Crippen molar-refractivity contribution in [2.24, 2.45) is 5.92 Å². The van der Waals surface area contributed by atoms with Gasteiger partial charge in [-0.05, 0) is 62.1 Å². The SMILES string of the molecule is CCOC(=O)Oc1ccc(C(=O)N2CCC(CNC(=O)c3cc(OC)cc(OC)c3)CC2)cc1. The molecule has 0 unspecified atom stereocenters. The second-order valence-corrected chi connectivity index (χ2v) is 7.86. The van der Waals surface area contributed by atoms with Crippen molar-refractivity contribution in [3.05, 3.63) is 53.6 Å². The fourth-order valence-electron chi connectivity index (χ4n) is 3.71. The summed E-state index contributed by atoms with van der Waals surface area (Å²) in [6.45, 7) is 3.66. The van der Waals surface area contributed by atoms with Gasteiger partial charge in [0.2, 0.25) is 0 Å². The summed E-state index contributed by atoms with van der Waals surface area (Å²) >= 11 is 0. The van der Waals surface area contributed by atoms with E-state index in [9.17, 15) is 14.4 Å². The fraction of sp³-hybridized carbons (Fsp3) is 0.400. The molecule has 0 aliphatic carbocycles. The van der Waals surface area contributed by atoms with Crippen LogP contribution < -0.4 is 19.5 Å². The Bertz CT molecular complexity index is 977. The van der Waals surface area contributed by atoms with Gasteiger partial charge in [0.25, 0.3) is 11.8 Å². The van der Waals surface area contributed by atoms with E-state index in [1.807, 2.05) is 0 Å². The maximum absolute atomic E-state index is 12.8. The summed E-state index contributed by atoms with van der Waals surface area (Å²) in [5, 5.41) is 2.97. The molecule has 9 nitrogen and oxygen atoms in total. The van der Waals surface area contributed by atoms with Crippen LogP contribution in [0.2, 0.25) is 0 Å². The summed E-state index contributed by atoms with van der Waals surface area (Å²) in [4.78, 5) is 38.6. The Kier molecular flexibility index (Phi) is 8.73. The van der Waals surface area contributed by atoms with Crippen molar-refractivity contribution >= 4 is 18.0 Å². The van der Waals surface area contributed by atoms with Gasteiger partial charge in [-0.25, -0.2) is 4.79 Å². The van der Waals surface area contributed by atoms with E-state index in [0.717, 1.165) is 12.8 Å². The van der Waals surface area contributed by atoms with Gasteiger partial charge < -0.3 is 29.2 Å². The summed E-state index contributed by atoms with van der Waals surface area (Å²) in [7, 11) is 3.08. The van der Waals surface area contributed by atoms with E-state index in [4.69, 9.17) is 18.9 Å². The van der Waals surface area contributed by atoms with Gasteiger partial charge in [0, 0.05) is 36.8 Å². The van der Waals surface area contributed by atoms with Crippen molar-refractivity contribution in [3.63, 3.8) is 0 Å². The minimum Gasteiger partial charge on any atom is -0.497 e. The Morgan fingerprint density at radius 3 is 2.09 bits per heavy atom. The number of benzene rings is 2. The maximum Gasteiger partial charge on any atom is 0.513 e. The molecule has 2 aromatic carbocycles. The van der Waals surface area contributed by atoms with Crippen LogP contribution in [0.1, 0.15) is 40.5 Å². The number of nitrogens with one attached hydrogen (secondary N) is 1. The monoisotopic (exact) mass is 470 g/mol. The molecule has 34 heavy (non-hydrogen) atoms. The van der Waals surface area contributed by atoms with Crippen LogP contribution in [-0.4, -0.2) is 63.3 Å². The first-order chi connectivity index (χ1) is 16.4. The second-order valence-electron chi connectivity index (χ2n) is 7.86. The topological polar surface area (TPSA) is 103 Å². The lowest BCUT2D eigenvalue weighted by Gasteiger charge is -2.32. The third kappa shape index (κ3) is 6.63. The van der Waals surface area contributed by atoms with Gasteiger partial charge in [-0.1, -0.05) is 0 Å². The molecule has 2 amide bonds. The number of amides is 2. The van der Waals surface area contributed by atoms with Crippen LogP contribution in [-0.2, 0) is 4.74 Å². The standard InChI is InChI=1S/C25H30N2O7/c1-4-33-25(30)34-20-7-5-18(6-8-20)24(29)27-11-9-17(10-12-27)16-26-23(28)19-13-21(31-2)15-22(14-19)32-3/h5-8,13-15,17H,4,9-12,16H2,1-3H3,(H,26,28). The van der Waals surface area contributed by atoms with Crippen LogP contribution in [0, 0.1) is 5.92 Å². The number of carbonyl (C=O) groups excluding carboxylic acids is 3. The van der Waals surface area contributed by atoms with E-state index in [1.165, 1.54) is 14.2 Å².